The van der Waals surface area contributed by atoms with Crippen molar-refractivity contribution < 1.29 is 4.79 Å². The highest BCUT2D eigenvalue weighted by molar-refractivity contribution is 5.86. The van der Waals surface area contributed by atoms with Gasteiger partial charge in [0, 0.05) is 24.9 Å². The standard InChI is InChI=1S/C37H73N3O/c1-4-6-8-10-12-14-16-18-20-22-24-26-28-30-36(41)40-34(3)33-35(37-38-31-32-39-37)29-27-25-23-21-19-17-15-13-11-9-7-5-2/h34-35H,4-33H2,1-3H3,(H,38,39)(H,40,41). The van der Waals surface area contributed by atoms with E-state index in [9.17, 15) is 4.79 Å². The van der Waals surface area contributed by atoms with Crippen LogP contribution in [0.4, 0.5) is 0 Å². The fraction of sp³-hybridized carbons (Fsp3) is 0.946. The Balaban J connectivity index is 2.05. The molecule has 2 atom stereocenters. The summed E-state index contributed by atoms with van der Waals surface area (Å²) in [6.07, 6.45) is 37.1. The molecule has 41 heavy (non-hydrogen) atoms. The third-order valence-electron chi connectivity index (χ3n) is 9.05. The Bertz CT molecular complexity index is 605. The molecule has 0 bridgehead atoms. The molecular formula is C37H73N3O. The summed E-state index contributed by atoms with van der Waals surface area (Å²) < 4.78 is 0. The van der Waals surface area contributed by atoms with E-state index in [0.717, 1.165) is 25.9 Å². The minimum Gasteiger partial charge on any atom is -0.372 e. The van der Waals surface area contributed by atoms with Gasteiger partial charge in [-0.1, -0.05) is 168 Å². The number of aliphatic imine (C=N–C) groups is 1. The topological polar surface area (TPSA) is 53.5 Å². The zero-order valence-corrected chi connectivity index (χ0v) is 28.2. The van der Waals surface area contributed by atoms with Crippen LogP contribution in [-0.2, 0) is 4.79 Å². The number of amides is 1. The first-order valence-corrected chi connectivity index (χ1v) is 18.7. The molecular weight excluding hydrogens is 502 g/mol. The second-order valence-corrected chi connectivity index (χ2v) is 13.3. The van der Waals surface area contributed by atoms with Crippen molar-refractivity contribution in [2.24, 2.45) is 10.9 Å². The van der Waals surface area contributed by atoms with E-state index in [2.05, 4.69) is 31.4 Å². The van der Waals surface area contributed by atoms with Crippen molar-refractivity contribution in [3.8, 4) is 0 Å². The normalized spacial score (nSPS) is 14.6. The summed E-state index contributed by atoms with van der Waals surface area (Å²) in [7, 11) is 0. The molecule has 0 spiro atoms. The predicted molar refractivity (Wildman–Crippen MR) is 182 cm³/mol. The first-order chi connectivity index (χ1) is 20.2. The lowest BCUT2D eigenvalue weighted by Crippen LogP contribution is -2.37. The molecule has 1 heterocycles. The number of amidine groups is 1. The molecule has 0 fully saturated rings. The van der Waals surface area contributed by atoms with Gasteiger partial charge in [0.05, 0.1) is 12.4 Å². The monoisotopic (exact) mass is 576 g/mol. The molecule has 0 saturated heterocycles. The number of nitrogens with zero attached hydrogens (tertiary/aromatic N) is 1. The molecule has 1 amide bonds. The molecule has 0 aliphatic carbocycles. The molecule has 1 aliphatic heterocycles. The van der Waals surface area contributed by atoms with Crippen molar-refractivity contribution in [1.29, 1.82) is 0 Å². The van der Waals surface area contributed by atoms with E-state index in [1.807, 2.05) is 0 Å². The summed E-state index contributed by atoms with van der Waals surface area (Å²) in [5.41, 5.74) is 0. The fourth-order valence-electron chi connectivity index (χ4n) is 6.42. The number of hydrogen-bond donors (Lipinski definition) is 2. The average molecular weight is 576 g/mol. The fourth-order valence-corrected chi connectivity index (χ4v) is 6.42. The summed E-state index contributed by atoms with van der Waals surface area (Å²) in [6.45, 7) is 8.65. The summed E-state index contributed by atoms with van der Waals surface area (Å²) in [6, 6.07) is 0.219. The maximum Gasteiger partial charge on any atom is 0.220 e. The second kappa shape index (κ2) is 29.0. The molecule has 0 saturated carbocycles. The Morgan fingerprint density at radius 1 is 0.659 bits per heavy atom. The highest BCUT2D eigenvalue weighted by atomic mass is 16.1. The van der Waals surface area contributed by atoms with E-state index in [4.69, 9.17) is 4.99 Å². The smallest absolute Gasteiger partial charge is 0.220 e. The Morgan fingerprint density at radius 2 is 1.07 bits per heavy atom. The number of hydrogen-bond acceptors (Lipinski definition) is 3. The molecule has 1 aliphatic rings. The summed E-state index contributed by atoms with van der Waals surface area (Å²) in [4.78, 5) is 17.3. The van der Waals surface area contributed by atoms with Gasteiger partial charge in [0.1, 0.15) is 0 Å². The van der Waals surface area contributed by atoms with Crippen molar-refractivity contribution in [2.45, 2.75) is 207 Å². The summed E-state index contributed by atoms with van der Waals surface area (Å²) in [5.74, 6) is 1.91. The van der Waals surface area contributed by atoms with Gasteiger partial charge in [-0.3, -0.25) is 9.79 Å². The van der Waals surface area contributed by atoms with Gasteiger partial charge in [-0.05, 0) is 26.2 Å². The van der Waals surface area contributed by atoms with Gasteiger partial charge in [0.15, 0.2) is 0 Å². The van der Waals surface area contributed by atoms with Gasteiger partial charge in [-0.15, -0.1) is 0 Å². The van der Waals surface area contributed by atoms with Crippen LogP contribution in [0.3, 0.4) is 0 Å². The lowest BCUT2D eigenvalue weighted by Gasteiger charge is -2.22. The van der Waals surface area contributed by atoms with Crippen LogP contribution < -0.4 is 10.6 Å². The lowest BCUT2D eigenvalue weighted by atomic mass is 9.92. The van der Waals surface area contributed by atoms with E-state index in [-0.39, 0.29) is 11.9 Å². The molecule has 2 N–H and O–H groups in total. The first-order valence-electron chi connectivity index (χ1n) is 18.7. The Morgan fingerprint density at radius 3 is 1.49 bits per heavy atom. The maximum absolute atomic E-state index is 12.6. The van der Waals surface area contributed by atoms with Gasteiger partial charge < -0.3 is 10.6 Å². The van der Waals surface area contributed by atoms with Crippen molar-refractivity contribution >= 4 is 11.7 Å². The number of nitrogens with one attached hydrogen (secondary N) is 2. The number of carbonyl (C=O) groups is 1. The highest BCUT2D eigenvalue weighted by Gasteiger charge is 2.21. The van der Waals surface area contributed by atoms with E-state index >= 15 is 0 Å². The van der Waals surface area contributed by atoms with Crippen LogP contribution in [0, 0.1) is 5.92 Å². The molecule has 4 heteroatoms. The van der Waals surface area contributed by atoms with Gasteiger partial charge in [0.2, 0.25) is 5.91 Å². The van der Waals surface area contributed by atoms with Crippen LogP contribution in [0.1, 0.15) is 201 Å². The van der Waals surface area contributed by atoms with Crippen LogP contribution in [0.2, 0.25) is 0 Å². The summed E-state index contributed by atoms with van der Waals surface area (Å²) >= 11 is 0. The molecule has 2 unspecified atom stereocenters. The van der Waals surface area contributed by atoms with Crippen LogP contribution in [-0.4, -0.2) is 30.9 Å². The van der Waals surface area contributed by atoms with Crippen LogP contribution in [0.25, 0.3) is 0 Å². The minimum atomic E-state index is 0.219. The first kappa shape index (κ1) is 38.0. The van der Waals surface area contributed by atoms with E-state index in [1.54, 1.807) is 0 Å². The Hall–Kier alpha value is -1.06. The predicted octanol–water partition coefficient (Wildman–Crippen LogP) is 11.1. The highest BCUT2D eigenvalue weighted by Crippen LogP contribution is 2.20. The Labute approximate surface area is 257 Å². The van der Waals surface area contributed by atoms with Crippen LogP contribution in [0.5, 0.6) is 0 Å². The van der Waals surface area contributed by atoms with Gasteiger partial charge in [-0.25, -0.2) is 0 Å². The SMILES string of the molecule is CCCCCCCCCCCCCCCC(=O)NC(C)CC(CCCCCCCCCCCCCC)C1=NCCN1. The zero-order chi connectivity index (χ0) is 29.6. The number of rotatable bonds is 31. The third-order valence-corrected chi connectivity index (χ3v) is 9.05. The number of carbonyl (C=O) groups excluding carboxylic acids is 1. The third kappa shape index (κ3) is 24.1. The molecule has 0 aromatic carbocycles. The zero-order valence-electron chi connectivity index (χ0n) is 28.2. The molecule has 0 aromatic rings. The Kier molecular flexibility index (Phi) is 26.9. The van der Waals surface area contributed by atoms with E-state index in [0.29, 0.717) is 12.3 Å². The molecule has 0 radical (unpaired) electrons. The number of unbranched alkanes of at least 4 members (excludes halogenated alkanes) is 23. The van der Waals surface area contributed by atoms with Crippen molar-refractivity contribution in [1.82, 2.24) is 10.6 Å². The van der Waals surface area contributed by atoms with Crippen LogP contribution >= 0.6 is 0 Å². The van der Waals surface area contributed by atoms with Gasteiger partial charge >= 0.3 is 0 Å². The minimum absolute atomic E-state index is 0.219. The molecule has 0 aromatic heterocycles. The summed E-state index contributed by atoms with van der Waals surface area (Å²) in [5, 5.41) is 6.83. The van der Waals surface area contributed by atoms with Gasteiger partial charge in [-0.2, -0.15) is 0 Å². The average Bonchev–Trinajstić information content (AvgIpc) is 3.50. The lowest BCUT2D eigenvalue weighted by molar-refractivity contribution is -0.121. The quantitative estimate of drug-likeness (QED) is 0.0808. The molecule has 242 valence electrons. The van der Waals surface area contributed by atoms with Crippen molar-refractivity contribution in [3.05, 3.63) is 0 Å². The van der Waals surface area contributed by atoms with E-state index < -0.39 is 0 Å². The van der Waals surface area contributed by atoms with Crippen molar-refractivity contribution in [2.75, 3.05) is 13.1 Å². The maximum atomic E-state index is 12.6. The molecule has 1 rings (SSSR count). The molecule has 4 nitrogen and oxygen atoms in total. The van der Waals surface area contributed by atoms with Crippen molar-refractivity contribution in [3.63, 3.8) is 0 Å². The van der Waals surface area contributed by atoms with Crippen LogP contribution in [0.15, 0.2) is 4.99 Å². The largest absolute Gasteiger partial charge is 0.372 e. The van der Waals surface area contributed by atoms with Gasteiger partial charge in [0.25, 0.3) is 0 Å². The second-order valence-electron chi connectivity index (χ2n) is 13.3. The van der Waals surface area contributed by atoms with E-state index in [1.165, 1.54) is 166 Å².